The van der Waals surface area contributed by atoms with E-state index in [9.17, 15) is 49.2 Å². The second-order valence-corrected chi connectivity index (χ2v) is 10.8. The van der Waals surface area contributed by atoms with E-state index in [1.165, 1.54) is 12.1 Å². The van der Waals surface area contributed by atoms with Crippen molar-refractivity contribution in [1.29, 1.82) is 0 Å². The number of carbonyl (C=O) groups is 3. The molecule has 1 aliphatic rings. The average molecular weight is 577 g/mol. The zero-order valence-corrected chi connectivity index (χ0v) is 22.5. The van der Waals surface area contributed by atoms with E-state index in [2.05, 4.69) is 0 Å². The van der Waals surface area contributed by atoms with E-state index in [1.54, 1.807) is 14.7 Å². The predicted molar refractivity (Wildman–Crippen MR) is 139 cm³/mol. The molecule has 1 aliphatic heterocycles. The summed E-state index contributed by atoms with van der Waals surface area (Å²) in [5, 5.41) is 37.0. The fourth-order valence-corrected chi connectivity index (χ4v) is 4.90. The molecule has 0 atom stereocenters. The molecule has 6 N–H and O–H groups in total. The van der Waals surface area contributed by atoms with Crippen LogP contribution in [0, 0.1) is 0 Å². The number of hydrogen-bond donors (Lipinski definition) is 6. The Kier molecular flexibility index (Phi) is 13.1. The van der Waals surface area contributed by atoms with Gasteiger partial charge < -0.3 is 39.8 Å². The summed E-state index contributed by atoms with van der Waals surface area (Å²) < 4.78 is 17.3. The van der Waals surface area contributed by atoms with Gasteiger partial charge in [0, 0.05) is 58.9 Å². The molecule has 0 spiro atoms. The number of nitrogens with zero attached hydrogens (tertiary/aromatic N) is 4. The lowest BCUT2D eigenvalue weighted by Crippen LogP contribution is -2.48. The first kappa shape index (κ1) is 32.4. The van der Waals surface area contributed by atoms with E-state index >= 15 is 0 Å². The van der Waals surface area contributed by atoms with E-state index in [0.29, 0.717) is 65.3 Å². The number of rotatable bonds is 12. The van der Waals surface area contributed by atoms with Gasteiger partial charge in [0.2, 0.25) is 0 Å². The van der Waals surface area contributed by atoms with Crippen LogP contribution in [0.25, 0.3) is 0 Å². The predicted octanol–water partition coefficient (Wildman–Crippen LogP) is -1.56. The molecule has 16 heteroatoms. The van der Waals surface area contributed by atoms with Gasteiger partial charge in [0.1, 0.15) is 16.8 Å². The van der Waals surface area contributed by atoms with Crippen LogP contribution in [-0.4, -0.2) is 153 Å². The van der Waals surface area contributed by atoms with Gasteiger partial charge in [-0.3, -0.25) is 33.6 Å². The minimum atomic E-state index is -4.67. The highest BCUT2D eigenvalue weighted by molar-refractivity contribution is 7.60. The number of carboxylic acid groups (broad SMARTS) is 3. The minimum Gasteiger partial charge on any atom is -0.508 e. The highest BCUT2D eigenvalue weighted by atomic mass is 31.2. The van der Waals surface area contributed by atoms with Crippen LogP contribution < -0.4 is 10.0 Å². The van der Waals surface area contributed by atoms with Gasteiger partial charge in [-0.2, -0.15) is 0 Å². The Balaban J connectivity index is 2.07. The zero-order valence-electron chi connectivity index (χ0n) is 21.6. The van der Waals surface area contributed by atoms with Gasteiger partial charge >= 0.3 is 25.5 Å². The number of phenolic OH excluding ortho intramolecular Hbond substituents is 1. The maximum Gasteiger partial charge on any atom is 0.360 e. The van der Waals surface area contributed by atoms with Crippen LogP contribution in [0.1, 0.15) is 6.42 Å². The molecule has 0 saturated carbocycles. The third-order valence-corrected chi connectivity index (χ3v) is 7.12. The lowest BCUT2D eigenvalue weighted by molar-refractivity contribution is -0.140. The van der Waals surface area contributed by atoms with Crippen molar-refractivity contribution < 1.29 is 53.9 Å². The fraction of sp³-hybridized carbons (Fsp3) is 0.609. The number of aliphatic carboxylic acids is 3. The normalized spacial score (nSPS) is 17.7. The van der Waals surface area contributed by atoms with Crippen molar-refractivity contribution >= 4 is 30.8 Å². The first-order chi connectivity index (χ1) is 18.3. The lowest BCUT2D eigenvalue weighted by atomic mass is 10.3. The molecule has 1 aromatic rings. The summed E-state index contributed by atoms with van der Waals surface area (Å²) in [7, 11) is -4.67. The average Bonchev–Trinajstić information content (AvgIpc) is 2.82. The van der Waals surface area contributed by atoms with Crippen LogP contribution in [0.2, 0.25) is 0 Å². The van der Waals surface area contributed by atoms with Crippen molar-refractivity contribution in [3.05, 3.63) is 18.2 Å². The summed E-state index contributed by atoms with van der Waals surface area (Å²) in [6, 6.07) is 3.50. The summed E-state index contributed by atoms with van der Waals surface area (Å²) >= 11 is 0. The maximum absolute atomic E-state index is 11.7. The molecule has 1 aromatic carbocycles. The van der Waals surface area contributed by atoms with Crippen molar-refractivity contribution in [2.45, 2.75) is 6.42 Å². The molecule has 39 heavy (non-hydrogen) atoms. The zero-order chi connectivity index (χ0) is 29.0. The largest absolute Gasteiger partial charge is 0.508 e. The molecule has 0 unspecified atom stereocenters. The Morgan fingerprint density at radius 3 is 1.54 bits per heavy atom. The molecular formula is C23H37N4O11P. The maximum atomic E-state index is 11.7. The number of phenols is 1. The molecule has 1 fully saturated rings. The van der Waals surface area contributed by atoms with Crippen LogP contribution >= 0.6 is 7.60 Å². The van der Waals surface area contributed by atoms with Crippen LogP contribution in [0.15, 0.2) is 18.2 Å². The summed E-state index contributed by atoms with van der Waals surface area (Å²) in [6.45, 7) is 2.87. The molecule has 220 valence electrons. The summed E-state index contributed by atoms with van der Waals surface area (Å²) in [5.74, 6) is -3.38. The number of hydrogen-bond acceptors (Lipinski definition) is 10. The highest BCUT2D eigenvalue weighted by Gasteiger charge is 2.24. The minimum absolute atomic E-state index is 0.0407. The van der Waals surface area contributed by atoms with Crippen molar-refractivity contribution in [1.82, 2.24) is 19.6 Å². The van der Waals surface area contributed by atoms with Crippen LogP contribution in [0.4, 0.5) is 0 Å². The molecule has 0 bridgehead atoms. The first-order valence-corrected chi connectivity index (χ1v) is 14.0. The van der Waals surface area contributed by atoms with Crippen LogP contribution in [-0.2, 0) is 18.9 Å². The van der Waals surface area contributed by atoms with Gasteiger partial charge in [-0.25, -0.2) is 0 Å². The highest BCUT2D eigenvalue weighted by Crippen LogP contribution is 2.38. The van der Waals surface area contributed by atoms with Crippen LogP contribution in [0.3, 0.4) is 0 Å². The van der Waals surface area contributed by atoms with Gasteiger partial charge in [-0.1, -0.05) is 0 Å². The van der Waals surface area contributed by atoms with Gasteiger partial charge in [-0.05, 0) is 24.6 Å². The second kappa shape index (κ2) is 15.7. The standard InChI is InChI=1S/C23H37N4O11P/c28-18-2-3-19(20(14-18)39(35,36)37)38-13-1-4-24-5-7-25(15-21(29)30)9-11-27(17-23(33)34)12-10-26(8-6-24)16-22(31)32/h2-3,14,28H,1,4-13,15-17H2,(H,29,30)(H,31,32)(H,33,34)(H2,35,36,37). The second-order valence-electron chi connectivity index (χ2n) is 9.25. The smallest absolute Gasteiger partial charge is 0.360 e. The van der Waals surface area contributed by atoms with E-state index in [1.807, 2.05) is 4.90 Å². The van der Waals surface area contributed by atoms with Crippen molar-refractivity contribution in [3.63, 3.8) is 0 Å². The Hall–Kier alpha value is -2.78. The van der Waals surface area contributed by atoms with E-state index in [-0.39, 0.29) is 37.7 Å². The summed E-state index contributed by atoms with van der Waals surface area (Å²) in [6.07, 6.45) is 0.450. The van der Waals surface area contributed by atoms with E-state index < -0.39 is 30.8 Å². The monoisotopic (exact) mass is 576 g/mol. The Labute approximate surface area is 225 Å². The van der Waals surface area contributed by atoms with Crippen molar-refractivity contribution in [2.75, 3.05) is 85.1 Å². The fourth-order valence-electron chi connectivity index (χ4n) is 4.18. The molecule has 0 aliphatic carbocycles. The third-order valence-electron chi connectivity index (χ3n) is 6.14. The molecule has 2 rings (SSSR count). The molecule has 15 nitrogen and oxygen atoms in total. The van der Waals surface area contributed by atoms with Gasteiger partial charge in [0.15, 0.2) is 0 Å². The molecular weight excluding hydrogens is 539 g/mol. The Morgan fingerprint density at radius 2 is 1.15 bits per heavy atom. The summed E-state index contributed by atoms with van der Waals surface area (Å²) in [5.41, 5.74) is 0. The number of aromatic hydroxyl groups is 1. The SMILES string of the molecule is O=C(O)CN1CCN(CCCOc2ccc(O)cc2P(=O)(O)O)CCN(CC(=O)O)CCN(CC(=O)O)CC1. The Morgan fingerprint density at radius 1 is 0.744 bits per heavy atom. The van der Waals surface area contributed by atoms with Gasteiger partial charge in [-0.15, -0.1) is 0 Å². The number of ether oxygens (including phenoxy) is 1. The quantitative estimate of drug-likeness (QED) is 0.123. The van der Waals surface area contributed by atoms with E-state index in [4.69, 9.17) is 4.74 Å². The number of carboxylic acids is 3. The van der Waals surface area contributed by atoms with Crippen LogP contribution in [0.5, 0.6) is 11.5 Å². The molecule has 0 aromatic heterocycles. The van der Waals surface area contributed by atoms with Crippen molar-refractivity contribution in [3.8, 4) is 11.5 Å². The van der Waals surface area contributed by atoms with Gasteiger partial charge in [0.05, 0.1) is 26.2 Å². The molecule has 1 heterocycles. The molecule has 0 radical (unpaired) electrons. The first-order valence-electron chi connectivity index (χ1n) is 12.4. The number of benzene rings is 1. The van der Waals surface area contributed by atoms with Crippen molar-refractivity contribution in [2.24, 2.45) is 0 Å². The summed E-state index contributed by atoms with van der Waals surface area (Å²) in [4.78, 5) is 60.2. The third kappa shape index (κ3) is 12.7. The molecule has 1 saturated heterocycles. The van der Waals surface area contributed by atoms with Gasteiger partial charge in [0.25, 0.3) is 0 Å². The Bertz CT molecular complexity index is 990. The lowest BCUT2D eigenvalue weighted by Gasteiger charge is -2.33. The molecule has 0 amide bonds. The van der Waals surface area contributed by atoms with E-state index in [0.717, 1.165) is 6.07 Å². The topological polar surface area (TPSA) is 212 Å².